The summed E-state index contributed by atoms with van der Waals surface area (Å²) in [4.78, 5) is 1.31. The summed E-state index contributed by atoms with van der Waals surface area (Å²) in [6.45, 7) is 0.959. The highest BCUT2D eigenvalue weighted by atomic mass is 79.9. The smallest absolute Gasteiger partial charge is 0.107 e. The van der Waals surface area contributed by atoms with Gasteiger partial charge in [0.25, 0.3) is 0 Å². The van der Waals surface area contributed by atoms with E-state index in [0.717, 1.165) is 21.4 Å². The van der Waals surface area contributed by atoms with Crippen molar-refractivity contribution in [2.45, 2.75) is 31.8 Å². The van der Waals surface area contributed by atoms with Gasteiger partial charge in [0.05, 0.1) is 0 Å². The predicted octanol–water partition coefficient (Wildman–Crippen LogP) is 3.81. The molecule has 0 spiro atoms. The molecular formula is C9H11BrClNS. The quantitative estimate of drug-likeness (QED) is 0.888. The molecule has 1 aromatic rings. The molecule has 1 aliphatic carbocycles. The van der Waals surface area contributed by atoms with Crippen LogP contribution in [0.1, 0.15) is 24.1 Å². The molecule has 0 atom stereocenters. The van der Waals surface area contributed by atoms with E-state index in [4.69, 9.17) is 11.6 Å². The van der Waals surface area contributed by atoms with Crippen molar-refractivity contribution in [1.29, 1.82) is 0 Å². The van der Waals surface area contributed by atoms with Gasteiger partial charge < -0.3 is 5.32 Å². The van der Waals surface area contributed by atoms with Crippen LogP contribution in [-0.2, 0) is 6.54 Å². The first-order chi connectivity index (χ1) is 6.25. The lowest BCUT2D eigenvalue weighted by Crippen LogP contribution is -2.34. The largest absolute Gasteiger partial charge is 0.309 e. The van der Waals surface area contributed by atoms with Crippen molar-refractivity contribution in [2.75, 3.05) is 0 Å². The second-order valence-electron chi connectivity index (χ2n) is 3.34. The molecule has 2 rings (SSSR count). The van der Waals surface area contributed by atoms with Gasteiger partial charge in [-0.2, -0.15) is 0 Å². The number of nitrogens with one attached hydrogen (secondary N) is 1. The van der Waals surface area contributed by atoms with Crippen molar-refractivity contribution < 1.29 is 0 Å². The lowest BCUT2D eigenvalue weighted by Gasteiger charge is -2.26. The Bertz CT molecular complexity index is 276. The highest BCUT2D eigenvalue weighted by Crippen LogP contribution is 2.32. The Morgan fingerprint density at radius 3 is 2.85 bits per heavy atom. The Kier molecular flexibility index (Phi) is 3.30. The van der Waals surface area contributed by atoms with Crippen LogP contribution in [0.3, 0.4) is 0 Å². The summed E-state index contributed by atoms with van der Waals surface area (Å²) < 4.78 is 1.87. The van der Waals surface area contributed by atoms with Crippen LogP contribution >= 0.6 is 38.9 Å². The minimum atomic E-state index is 0.750. The summed E-state index contributed by atoms with van der Waals surface area (Å²) in [5.41, 5.74) is 0. The lowest BCUT2D eigenvalue weighted by atomic mass is 9.93. The van der Waals surface area contributed by atoms with Gasteiger partial charge in [-0.1, -0.05) is 18.0 Å². The zero-order valence-corrected chi connectivity index (χ0v) is 10.3. The Hall–Kier alpha value is 0.430. The van der Waals surface area contributed by atoms with Gasteiger partial charge in [-0.15, -0.1) is 11.3 Å². The summed E-state index contributed by atoms with van der Waals surface area (Å²) in [5, 5.41) is 3.51. The molecule has 1 aliphatic rings. The van der Waals surface area contributed by atoms with Crippen molar-refractivity contribution in [1.82, 2.24) is 5.32 Å². The second-order valence-corrected chi connectivity index (χ2v) is 5.94. The van der Waals surface area contributed by atoms with Crippen molar-refractivity contribution in [3.63, 3.8) is 0 Å². The highest BCUT2D eigenvalue weighted by Gasteiger charge is 2.16. The molecule has 0 aliphatic heterocycles. The predicted molar refractivity (Wildman–Crippen MR) is 61.5 cm³/mol. The van der Waals surface area contributed by atoms with Crippen LogP contribution in [-0.4, -0.2) is 6.04 Å². The molecule has 13 heavy (non-hydrogen) atoms. The molecular weight excluding hydrogens is 270 g/mol. The first kappa shape index (κ1) is 9.97. The topological polar surface area (TPSA) is 12.0 Å². The van der Waals surface area contributed by atoms with E-state index in [9.17, 15) is 0 Å². The summed E-state index contributed by atoms with van der Waals surface area (Å²) in [6, 6.07) is 2.85. The molecule has 0 radical (unpaired) electrons. The number of rotatable bonds is 3. The first-order valence-corrected chi connectivity index (χ1v) is 6.41. The zero-order chi connectivity index (χ0) is 9.26. The minimum absolute atomic E-state index is 0.750. The summed E-state index contributed by atoms with van der Waals surface area (Å²) in [5.74, 6) is 0. The molecule has 1 nitrogen and oxygen atoms in total. The number of halogens is 2. The van der Waals surface area contributed by atoms with E-state index in [-0.39, 0.29) is 0 Å². The van der Waals surface area contributed by atoms with E-state index < -0.39 is 0 Å². The third kappa shape index (κ3) is 2.46. The van der Waals surface area contributed by atoms with Gasteiger partial charge in [0.15, 0.2) is 0 Å². The average molecular weight is 281 g/mol. The maximum absolute atomic E-state index is 5.94. The Labute approximate surface area is 95.6 Å². The van der Waals surface area contributed by atoms with E-state index in [0.29, 0.717) is 0 Å². The molecule has 0 amide bonds. The van der Waals surface area contributed by atoms with Crippen molar-refractivity contribution >= 4 is 38.9 Å². The Morgan fingerprint density at radius 1 is 1.62 bits per heavy atom. The molecule has 1 fully saturated rings. The highest BCUT2D eigenvalue weighted by molar-refractivity contribution is 9.10. The molecule has 4 heteroatoms. The zero-order valence-electron chi connectivity index (χ0n) is 7.15. The Balaban J connectivity index is 1.86. The molecule has 1 heterocycles. The van der Waals surface area contributed by atoms with Gasteiger partial charge in [0.2, 0.25) is 0 Å². The normalized spacial score (nSPS) is 17.4. The minimum Gasteiger partial charge on any atom is -0.309 e. The van der Waals surface area contributed by atoms with Crippen LogP contribution < -0.4 is 5.32 Å². The van der Waals surface area contributed by atoms with Gasteiger partial charge in [-0.05, 0) is 34.8 Å². The van der Waals surface area contributed by atoms with E-state index >= 15 is 0 Å². The van der Waals surface area contributed by atoms with Crippen molar-refractivity contribution in [3.8, 4) is 0 Å². The van der Waals surface area contributed by atoms with E-state index in [1.165, 1.54) is 24.1 Å². The summed E-state index contributed by atoms with van der Waals surface area (Å²) in [7, 11) is 0. The van der Waals surface area contributed by atoms with Crippen LogP contribution in [0.5, 0.6) is 0 Å². The fourth-order valence-electron chi connectivity index (χ4n) is 1.34. The molecule has 1 N–H and O–H groups in total. The molecule has 1 aromatic heterocycles. The van der Waals surface area contributed by atoms with Crippen LogP contribution in [0, 0.1) is 0 Å². The standard InChI is InChI=1S/C9H11BrClNS/c10-8-4-7(13-9(8)11)5-12-6-2-1-3-6/h4,6,12H,1-3,5H2. The van der Waals surface area contributed by atoms with E-state index in [2.05, 4.69) is 27.3 Å². The molecule has 0 aromatic carbocycles. The fraction of sp³-hybridized carbons (Fsp3) is 0.556. The lowest BCUT2D eigenvalue weighted by molar-refractivity contribution is 0.339. The van der Waals surface area contributed by atoms with Gasteiger partial charge in [0.1, 0.15) is 4.34 Å². The van der Waals surface area contributed by atoms with Gasteiger partial charge in [-0.3, -0.25) is 0 Å². The molecule has 0 saturated heterocycles. The summed E-state index contributed by atoms with van der Waals surface area (Å²) >= 11 is 11.0. The van der Waals surface area contributed by atoms with Crippen LogP contribution in [0.2, 0.25) is 4.34 Å². The molecule has 0 bridgehead atoms. The van der Waals surface area contributed by atoms with Crippen molar-refractivity contribution in [2.24, 2.45) is 0 Å². The molecule has 72 valence electrons. The van der Waals surface area contributed by atoms with E-state index in [1.807, 2.05) is 0 Å². The molecule has 0 unspecified atom stereocenters. The maximum atomic E-state index is 5.94. The number of hydrogen-bond donors (Lipinski definition) is 1. The second kappa shape index (κ2) is 4.30. The molecule has 1 saturated carbocycles. The SMILES string of the molecule is Clc1sc(CNC2CCC2)cc1Br. The Morgan fingerprint density at radius 2 is 2.38 bits per heavy atom. The van der Waals surface area contributed by atoms with Gasteiger partial charge >= 0.3 is 0 Å². The van der Waals surface area contributed by atoms with Crippen molar-refractivity contribution in [3.05, 3.63) is 19.8 Å². The first-order valence-electron chi connectivity index (χ1n) is 4.43. The average Bonchev–Trinajstić information content (AvgIpc) is 2.28. The van der Waals surface area contributed by atoms with Crippen LogP contribution in [0.25, 0.3) is 0 Å². The third-order valence-corrected chi connectivity index (χ3v) is 4.84. The number of thiophene rings is 1. The third-order valence-electron chi connectivity index (χ3n) is 2.37. The van der Waals surface area contributed by atoms with Gasteiger partial charge in [0, 0.05) is 21.9 Å². The fourth-order valence-corrected chi connectivity index (χ4v) is 3.08. The van der Waals surface area contributed by atoms with Crippen LogP contribution in [0.4, 0.5) is 0 Å². The summed E-state index contributed by atoms with van der Waals surface area (Å²) in [6.07, 6.45) is 4.05. The number of hydrogen-bond acceptors (Lipinski definition) is 2. The van der Waals surface area contributed by atoms with E-state index in [1.54, 1.807) is 11.3 Å². The monoisotopic (exact) mass is 279 g/mol. The van der Waals surface area contributed by atoms with Crippen LogP contribution in [0.15, 0.2) is 10.5 Å². The van der Waals surface area contributed by atoms with Gasteiger partial charge in [-0.25, -0.2) is 0 Å². The maximum Gasteiger partial charge on any atom is 0.107 e.